The molecule has 4 heteroatoms. The molecule has 2 aliphatic rings. The van der Waals surface area contributed by atoms with Gasteiger partial charge in [0.1, 0.15) is 0 Å². The normalized spacial score (nSPS) is 32.5. The predicted octanol–water partition coefficient (Wildman–Crippen LogP) is 0.941. The number of nitrogens with zero attached hydrogens (tertiary/aromatic N) is 2. The highest BCUT2D eigenvalue weighted by atomic mass is 32.1. The van der Waals surface area contributed by atoms with Crippen LogP contribution in [0.25, 0.3) is 0 Å². The largest absolute Gasteiger partial charge is 0.343 e. The zero-order chi connectivity index (χ0) is 8.67. The lowest BCUT2D eigenvalue weighted by Gasteiger charge is -2.22. The number of hydrogen-bond acceptors (Lipinski definition) is 4. The molecule has 2 aliphatic heterocycles. The maximum Gasteiger partial charge on any atom is 0.185 e. The molecule has 0 saturated carbocycles. The molecule has 70 valence electrons. The number of fused-ring (bicyclic) bond motifs is 1. The highest BCUT2D eigenvalue weighted by Gasteiger charge is 2.38. The van der Waals surface area contributed by atoms with Gasteiger partial charge < -0.3 is 10.2 Å². The molecule has 0 radical (unpaired) electrons. The lowest BCUT2D eigenvalue weighted by Crippen LogP contribution is -2.33. The van der Waals surface area contributed by atoms with E-state index < -0.39 is 0 Å². The molecule has 0 aromatic carbocycles. The van der Waals surface area contributed by atoms with Crippen molar-refractivity contribution < 1.29 is 0 Å². The minimum Gasteiger partial charge on any atom is -0.343 e. The molecule has 3 rings (SSSR count). The molecule has 0 amide bonds. The number of rotatable bonds is 1. The quantitative estimate of drug-likeness (QED) is 0.723. The highest BCUT2D eigenvalue weighted by Crippen LogP contribution is 2.32. The van der Waals surface area contributed by atoms with E-state index in [2.05, 4.69) is 20.6 Å². The second-order valence-electron chi connectivity index (χ2n) is 3.78. The van der Waals surface area contributed by atoms with E-state index in [0.717, 1.165) is 12.5 Å². The van der Waals surface area contributed by atoms with Crippen LogP contribution in [-0.2, 0) is 0 Å². The number of nitrogens with one attached hydrogen (secondary N) is 1. The summed E-state index contributed by atoms with van der Waals surface area (Å²) in [5.41, 5.74) is 0. The molecule has 2 saturated heterocycles. The van der Waals surface area contributed by atoms with Crippen LogP contribution in [0.15, 0.2) is 11.6 Å². The number of hydrogen-bond donors (Lipinski definition) is 1. The van der Waals surface area contributed by atoms with Gasteiger partial charge in [0.2, 0.25) is 0 Å². The molecule has 2 atom stereocenters. The molecule has 3 heterocycles. The molecule has 0 spiro atoms. The molecule has 0 unspecified atom stereocenters. The van der Waals surface area contributed by atoms with Crippen LogP contribution in [0.3, 0.4) is 0 Å². The Morgan fingerprint density at radius 1 is 1.54 bits per heavy atom. The SMILES string of the molecule is c1csc(N2CC[C@H]3CNC[C@H]32)n1. The van der Waals surface area contributed by atoms with Gasteiger partial charge in [0.05, 0.1) is 0 Å². The Morgan fingerprint density at radius 2 is 2.54 bits per heavy atom. The predicted molar refractivity (Wildman–Crippen MR) is 54.2 cm³/mol. The summed E-state index contributed by atoms with van der Waals surface area (Å²) in [6.45, 7) is 3.54. The van der Waals surface area contributed by atoms with E-state index in [4.69, 9.17) is 0 Å². The van der Waals surface area contributed by atoms with E-state index in [9.17, 15) is 0 Å². The Balaban J connectivity index is 1.86. The van der Waals surface area contributed by atoms with E-state index in [1.807, 2.05) is 6.20 Å². The Hall–Kier alpha value is -0.610. The summed E-state index contributed by atoms with van der Waals surface area (Å²) in [5.74, 6) is 0.865. The van der Waals surface area contributed by atoms with E-state index >= 15 is 0 Å². The number of aromatic nitrogens is 1. The van der Waals surface area contributed by atoms with Gasteiger partial charge >= 0.3 is 0 Å². The summed E-state index contributed by atoms with van der Waals surface area (Å²) in [6.07, 6.45) is 3.23. The highest BCUT2D eigenvalue weighted by molar-refractivity contribution is 7.13. The standard InChI is InChI=1S/C9H13N3S/c1-3-12(9-11-2-4-13-9)8-6-10-5-7(1)8/h2,4,7-8,10H,1,3,5-6H2/t7-,8+/m0/s1. The Kier molecular flexibility index (Phi) is 1.77. The van der Waals surface area contributed by atoms with Gasteiger partial charge in [-0.3, -0.25) is 0 Å². The van der Waals surface area contributed by atoms with Crippen LogP contribution in [-0.4, -0.2) is 30.7 Å². The first-order valence-corrected chi connectivity index (χ1v) is 5.70. The zero-order valence-electron chi connectivity index (χ0n) is 7.44. The Labute approximate surface area is 81.8 Å². The molecule has 3 nitrogen and oxygen atoms in total. The second-order valence-corrected chi connectivity index (χ2v) is 4.66. The van der Waals surface area contributed by atoms with Crippen molar-refractivity contribution in [1.29, 1.82) is 0 Å². The smallest absolute Gasteiger partial charge is 0.185 e. The fourth-order valence-corrected chi connectivity index (χ4v) is 3.17. The third kappa shape index (κ3) is 1.16. The van der Waals surface area contributed by atoms with Crippen LogP contribution in [0, 0.1) is 5.92 Å². The number of thiazole rings is 1. The van der Waals surface area contributed by atoms with Crippen molar-refractivity contribution in [3.05, 3.63) is 11.6 Å². The lowest BCUT2D eigenvalue weighted by molar-refractivity contribution is 0.578. The van der Waals surface area contributed by atoms with Gasteiger partial charge in [-0.1, -0.05) is 0 Å². The third-order valence-electron chi connectivity index (χ3n) is 3.11. The van der Waals surface area contributed by atoms with Crippen molar-refractivity contribution in [1.82, 2.24) is 10.3 Å². The van der Waals surface area contributed by atoms with Crippen molar-refractivity contribution in [2.24, 2.45) is 5.92 Å². The monoisotopic (exact) mass is 195 g/mol. The van der Waals surface area contributed by atoms with Gasteiger partial charge in [0.15, 0.2) is 5.13 Å². The van der Waals surface area contributed by atoms with Crippen molar-refractivity contribution in [2.45, 2.75) is 12.5 Å². The van der Waals surface area contributed by atoms with Crippen LogP contribution in [0.4, 0.5) is 5.13 Å². The van der Waals surface area contributed by atoms with E-state index in [1.54, 1.807) is 11.3 Å². The fraction of sp³-hybridized carbons (Fsp3) is 0.667. The van der Waals surface area contributed by atoms with Crippen LogP contribution < -0.4 is 10.2 Å². The van der Waals surface area contributed by atoms with Gasteiger partial charge in [-0.2, -0.15) is 0 Å². The van der Waals surface area contributed by atoms with Gasteiger partial charge in [-0.25, -0.2) is 4.98 Å². The third-order valence-corrected chi connectivity index (χ3v) is 3.92. The van der Waals surface area contributed by atoms with Crippen LogP contribution in [0.5, 0.6) is 0 Å². The van der Waals surface area contributed by atoms with Crippen LogP contribution >= 0.6 is 11.3 Å². The van der Waals surface area contributed by atoms with Crippen LogP contribution in [0.2, 0.25) is 0 Å². The first-order valence-electron chi connectivity index (χ1n) is 4.82. The second kappa shape index (κ2) is 2.96. The van der Waals surface area contributed by atoms with Crippen molar-refractivity contribution >= 4 is 16.5 Å². The lowest BCUT2D eigenvalue weighted by atomic mass is 10.1. The van der Waals surface area contributed by atoms with Gasteiger partial charge in [0, 0.05) is 37.3 Å². The molecule has 2 fully saturated rings. The minimum absolute atomic E-state index is 0.714. The summed E-state index contributed by atoms with van der Waals surface area (Å²) >= 11 is 1.76. The van der Waals surface area contributed by atoms with Gasteiger partial charge in [0.25, 0.3) is 0 Å². The molecule has 0 aliphatic carbocycles. The first-order chi connectivity index (χ1) is 6.45. The summed E-state index contributed by atoms with van der Waals surface area (Å²) in [5, 5.41) is 6.72. The van der Waals surface area contributed by atoms with E-state index in [0.29, 0.717) is 6.04 Å². The van der Waals surface area contributed by atoms with E-state index in [-0.39, 0.29) is 0 Å². The van der Waals surface area contributed by atoms with Crippen molar-refractivity contribution in [2.75, 3.05) is 24.5 Å². The molecular formula is C9H13N3S. The topological polar surface area (TPSA) is 28.2 Å². The molecule has 1 aromatic rings. The molecule has 13 heavy (non-hydrogen) atoms. The van der Waals surface area contributed by atoms with E-state index in [1.165, 1.54) is 24.6 Å². The van der Waals surface area contributed by atoms with Crippen molar-refractivity contribution in [3.8, 4) is 0 Å². The minimum atomic E-state index is 0.714. The van der Waals surface area contributed by atoms with Gasteiger partial charge in [-0.15, -0.1) is 11.3 Å². The maximum atomic E-state index is 4.38. The van der Waals surface area contributed by atoms with Gasteiger partial charge in [-0.05, 0) is 12.3 Å². The maximum absolute atomic E-state index is 4.38. The van der Waals surface area contributed by atoms with Crippen LogP contribution in [0.1, 0.15) is 6.42 Å². The Morgan fingerprint density at radius 3 is 3.38 bits per heavy atom. The average Bonchev–Trinajstić information content (AvgIpc) is 2.79. The molecule has 0 bridgehead atoms. The summed E-state index contributed by atoms with van der Waals surface area (Å²) in [6, 6.07) is 0.714. The first kappa shape index (κ1) is 7.76. The molecule has 1 aromatic heterocycles. The summed E-state index contributed by atoms with van der Waals surface area (Å²) < 4.78 is 0. The summed E-state index contributed by atoms with van der Waals surface area (Å²) in [7, 11) is 0. The fourth-order valence-electron chi connectivity index (χ4n) is 2.44. The number of anilines is 1. The molecular weight excluding hydrogens is 182 g/mol. The Bertz CT molecular complexity index is 285. The zero-order valence-corrected chi connectivity index (χ0v) is 8.26. The average molecular weight is 195 g/mol. The van der Waals surface area contributed by atoms with Crippen molar-refractivity contribution in [3.63, 3.8) is 0 Å². The molecule has 1 N–H and O–H groups in total. The summed E-state index contributed by atoms with van der Waals surface area (Å²) in [4.78, 5) is 6.84.